The topological polar surface area (TPSA) is 85.8 Å². The van der Waals surface area contributed by atoms with Gasteiger partial charge in [0.25, 0.3) is 5.91 Å². The Balaban J connectivity index is 0.00000338. The number of amides is 1. The van der Waals surface area contributed by atoms with E-state index in [0.717, 1.165) is 11.3 Å². The Morgan fingerprint density at radius 3 is 2.42 bits per heavy atom. The van der Waals surface area contributed by atoms with E-state index in [-0.39, 0.29) is 30.1 Å². The highest BCUT2D eigenvalue weighted by Crippen LogP contribution is 2.23. The van der Waals surface area contributed by atoms with Crippen molar-refractivity contribution in [2.24, 2.45) is 11.7 Å². The van der Waals surface area contributed by atoms with E-state index in [1.54, 1.807) is 4.68 Å². The molecule has 6 nitrogen and oxygen atoms in total. The van der Waals surface area contributed by atoms with Crippen molar-refractivity contribution >= 4 is 18.3 Å². The number of aryl methyl sites for hydroxylation is 1. The molecule has 1 aromatic carbocycles. The Kier molecular flexibility index (Phi) is 7.35. The van der Waals surface area contributed by atoms with Crippen molar-refractivity contribution in [2.45, 2.75) is 53.0 Å². The van der Waals surface area contributed by atoms with Crippen molar-refractivity contribution in [1.29, 1.82) is 0 Å². The largest absolute Gasteiger partial charge is 0.343 e. The van der Waals surface area contributed by atoms with E-state index in [9.17, 15) is 4.79 Å². The van der Waals surface area contributed by atoms with Gasteiger partial charge in [-0.1, -0.05) is 45.9 Å². The summed E-state index contributed by atoms with van der Waals surface area (Å²) in [6.45, 7) is 12.5. The Morgan fingerprint density at radius 2 is 1.88 bits per heavy atom. The molecule has 0 saturated carbocycles. The molecule has 0 saturated heterocycles. The van der Waals surface area contributed by atoms with Crippen LogP contribution in [-0.2, 0) is 0 Å². The molecule has 7 heteroatoms. The number of carbonyl (C=O) groups excluding carboxylic acids is 1. The highest BCUT2D eigenvalue weighted by atomic mass is 35.5. The standard InChI is InChI=1S/C19H29N5O.ClH/c1-12(2)15-9-7-8-10-16(15)24-14(5)21-17(23-24)18(25)22-19(6,11-20)13(3)4;/h7-10,12-13H,11,20H2,1-6H3,(H,22,25);1H. The highest BCUT2D eigenvalue weighted by molar-refractivity contribution is 5.91. The average Bonchev–Trinajstić information content (AvgIpc) is 2.96. The van der Waals surface area contributed by atoms with Gasteiger partial charge in [-0.25, -0.2) is 9.67 Å². The van der Waals surface area contributed by atoms with E-state index >= 15 is 0 Å². The third-order valence-electron chi connectivity index (χ3n) is 4.86. The molecule has 144 valence electrons. The minimum Gasteiger partial charge on any atom is -0.343 e. The Labute approximate surface area is 162 Å². The van der Waals surface area contributed by atoms with Crippen LogP contribution < -0.4 is 11.1 Å². The summed E-state index contributed by atoms with van der Waals surface area (Å²) >= 11 is 0. The molecule has 2 aromatic rings. The first-order chi connectivity index (χ1) is 11.7. The maximum atomic E-state index is 12.6. The highest BCUT2D eigenvalue weighted by Gasteiger charge is 2.30. The van der Waals surface area contributed by atoms with Crippen LogP contribution in [0, 0.1) is 12.8 Å². The van der Waals surface area contributed by atoms with Crippen LogP contribution in [0.4, 0.5) is 0 Å². The number of para-hydroxylation sites is 1. The van der Waals surface area contributed by atoms with E-state index in [2.05, 4.69) is 35.3 Å². The van der Waals surface area contributed by atoms with Gasteiger partial charge in [-0.15, -0.1) is 17.5 Å². The van der Waals surface area contributed by atoms with Crippen LogP contribution in [0.15, 0.2) is 24.3 Å². The van der Waals surface area contributed by atoms with E-state index < -0.39 is 5.54 Å². The second kappa shape index (κ2) is 8.64. The summed E-state index contributed by atoms with van der Waals surface area (Å²) in [4.78, 5) is 17.0. The molecule has 0 aliphatic heterocycles. The van der Waals surface area contributed by atoms with Gasteiger partial charge in [0.2, 0.25) is 5.82 Å². The summed E-state index contributed by atoms with van der Waals surface area (Å²) in [5.41, 5.74) is 7.47. The van der Waals surface area contributed by atoms with Gasteiger partial charge in [0, 0.05) is 6.54 Å². The molecular weight excluding hydrogens is 350 g/mol. The number of aromatic nitrogens is 3. The number of nitrogens with two attached hydrogens (primary N) is 1. The van der Waals surface area contributed by atoms with Crippen molar-refractivity contribution in [1.82, 2.24) is 20.1 Å². The van der Waals surface area contributed by atoms with Gasteiger partial charge in [0.05, 0.1) is 11.2 Å². The zero-order chi connectivity index (χ0) is 18.8. The molecule has 1 unspecified atom stereocenters. The molecule has 0 aliphatic carbocycles. The molecular formula is C19H30ClN5O. The predicted octanol–water partition coefficient (Wildman–Crippen LogP) is 3.22. The molecule has 1 heterocycles. The van der Waals surface area contributed by atoms with Crippen molar-refractivity contribution < 1.29 is 4.79 Å². The van der Waals surface area contributed by atoms with Gasteiger partial charge in [-0.2, -0.15) is 0 Å². The minimum absolute atomic E-state index is 0. The molecule has 1 aromatic heterocycles. The molecule has 0 bridgehead atoms. The Bertz CT molecular complexity index is 756. The molecule has 26 heavy (non-hydrogen) atoms. The fraction of sp³-hybridized carbons (Fsp3) is 0.526. The normalized spacial score (nSPS) is 13.4. The molecule has 0 fully saturated rings. The predicted molar refractivity (Wildman–Crippen MR) is 107 cm³/mol. The van der Waals surface area contributed by atoms with Crippen molar-refractivity contribution in [3.05, 3.63) is 41.5 Å². The van der Waals surface area contributed by atoms with Crippen LogP contribution in [0.1, 0.15) is 62.5 Å². The summed E-state index contributed by atoms with van der Waals surface area (Å²) in [5.74, 6) is 1.09. The zero-order valence-electron chi connectivity index (χ0n) is 16.4. The third-order valence-corrected chi connectivity index (χ3v) is 4.86. The first-order valence-corrected chi connectivity index (χ1v) is 8.75. The van der Waals surface area contributed by atoms with Crippen molar-refractivity contribution in [3.63, 3.8) is 0 Å². The molecule has 3 N–H and O–H groups in total. The van der Waals surface area contributed by atoms with Gasteiger partial charge in [0.15, 0.2) is 0 Å². The van der Waals surface area contributed by atoms with Crippen LogP contribution in [-0.4, -0.2) is 32.8 Å². The monoisotopic (exact) mass is 379 g/mol. The lowest BCUT2D eigenvalue weighted by Gasteiger charge is -2.33. The van der Waals surface area contributed by atoms with E-state index in [0.29, 0.717) is 18.3 Å². The van der Waals surface area contributed by atoms with Crippen LogP contribution in [0.5, 0.6) is 0 Å². The maximum Gasteiger partial charge on any atom is 0.291 e. The van der Waals surface area contributed by atoms with E-state index in [4.69, 9.17) is 5.73 Å². The fourth-order valence-electron chi connectivity index (χ4n) is 2.63. The number of nitrogens with one attached hydrogen (secondary N) is 1. The lowest BCUT2D eigenvalue weighted by atomic mass is 9.88. The maximum absolute atomic E-state index is 12.6. The van der Waals surface area contributed by atoms with Crippen LogP contribution in [0.25, 0.3) is 5.69 Å². The second-order valence-electron chi connectivity index (χ2n) is 7.34. The summed E-state index contributed by atoms with van der Waals surface area (Å²) in [6.07, 6.45) is 0. The van der Waals surface area contributed by atoms with Crippen LogP contribution in [0.2, 0.25) is 0 Å². The summed E-state index contributed by atoms with van der Waals surface area (Å²) < 4.78 is 1.74. The minimum atomic E-state index is -0.494. The average molecular weight is 380 g/mol. The summed E-state index contributed by atoms with van der Waals surface area (Å²) in [5, 5.41) is 7.44. The Morgan fingerprint density at radius 1 is 1.27 bits per heavy atom. The van der Waals surface area contributed by atoms with Gasteiger partial charge in [-0.05, 0) is 37.3 Å². The number of benzene rings is 1. The molecule has 0 radical (unpaired) electrons. The Hall–Kier alpha value is -1.92. The van der Waals surface area contributed by atoms with Crippen LogP contribution >= 0.6 is 12.4 Å². The number of carbonyl (C=O) groups is 1. The SMILES string of the molecule is Cc1nc(C(=O)NC(C)(CN)C(C)C)nn1-c1ccccc1C(C)C.Cl. The number of hydrogen-bond acceptors (Lipinski definition) is 4. The lowest BCUT2D eigenvalue weighted by molar-refractivity contribution is 0.0872. The smallest absolute Gasteiger partial charge is 0.291 e. The summed E-state index contributed by atoms with van der Waals surface area (Å²) in [6, 6.07) is 8.04. The first-order valence-electron chi connectivity index (χ1n) is 8.75. The fourth-order valence-corrected chi connectivity index (χ4v) is 2.63. The molecule has 1 atom stereocenters. The molecule has 0 aliphatic rings. The van der Waals surface area contributed by atoms with Crippen molar-refractivity contribution in [2.75, 3.05) is 6.54 Å². The van der Waals surface area contributed by atoms with Gasteiger partial charge in [-0.3, -0.25) is 4.79 Å². The lowest BCUT2D eigenvalue weighted by Crippen LogP contribution is -2.55. The first kappa shape index (κ1) is 22.1. The van der Waals surface area contributed by atoms with Crippen molar-refractivity contribution in [3.8, 4) is 5.69 Å². The number of hydrogen-bond donors (Lipinski definition) is 2. The third kappa shape index (κ3) is 4.43. The number of halogens is 1. The van der Waals surface area contributed by atoms with Gasteiger partial charge >= 0.3 is 0 Å². The zero-order valence-corrected chi connectivity index (χ0v) is 17.2. The quantitative estimate of drug-likeness (QED) is 0.806. The molecule has 0 spiro atoms. The molecule has 2 rings (SSSR count). The molecule has 1 amide bonds. The van der Waals surface area contributed by atoms with Gasteiger partial charge < -0.3 is 11.1 Å². The van der Waals surface area contributed by atoms with E-state index in [1.165, 1.54) is 0 Å². The second-order valence-corrected chi connectivity index (χ2v) is 7.34. The summed E-state index contributed by atoms with van der Waals surface area (Å²) in [7, 11) is 0. The van der Waals surface area contributed by atoms with Crippen LogP contribution in [0.3, 0.4) is 0 Å². The van der Waals surface area contributed by atoms with Gasteiger partial charge in [0.1, 0.15) is 5.82 Å². The van der Waals surface area contributed by atoms with E-state index in [1.807, 2.05) is 45.9 Å². The number of nitrogens with zero attached hydrogens (tertiary/aromatic N) is 3. The number of rotatable bonds is 6.